The first-order valence-electron chi connectivity index (χ1n) is 8.19. The van der Waals surface area contributed by atoms with Gasteiger partial charge in [-0.1, -0.05) is 20.3 Å². The van der Waals surface area contributed by atoms with Crippen LogP contribution in [0.25, 0.3) is 0 Å². The molecule has 18 heavy (non-hydrogen) atoms. The predicted octanol–water partition coefficient (Wildman–Crippen LogP) is 3.33. The number of rotatable bonds is 5. The van der Waals surface area contributed by atoms with Crippen molar-refractivity contribution in [3.8, 4) is 0 Å². The second-order valence-electron chi connectivity index (χ2n) is 7.47. The third-order valence-electron chi connectivity index (χ3n) is 6.26. The first kappa shape index (κ1) is 12.9. The molecule has 0 heterocycles. The molecule has 2 nitrogen and oxygen atoms in total. The minimum absolute atomic E-state index is 0.569. The third-order valence-corrected chi connectivity index (χ3v) is 6.26. The molecule has 104 valence electrons. The van der Waals surface area contributed by atoms with Gasteiger partial charge in [-0.05, 0) is 74.0 Å². The van der Waals surface area contributed by atoms with E-state index >= 15 is 0 Å². The second-order valence-corrected chi connectivity index (χ2v) is 7.47. The molecule has 4 aliphatic rings. The Bertz CT molecular complexity index is 261. The summed E-state index contributed by atoms with van der Waals surface area (Å²) >= 11 is 0. The van der Waals surface area contributed by atoms with Crippen molar-refractivity contribution < 1.29 is 0 Å². The molecule has 3 N–H and O–H groups in total. The van der Waals surface area contributed by atoms with Crippen LogP contribution in [0.2, 0.25) is 0 Å². The molecule has 4 bridgehead atoms. The Kier molecular flexibility index (Phi) is 3.68. The molecule has 4 fully saturated rings. The zero-order valence-electron chi connectivity index (χ0n) is 12.1. The normalized spacial score (nSPS) is 45.2. The van der Waals surface area contributed by atoms with Crippen LogP contribution < -0.4 is 11.3 Å². The average Bonchev–Trinajstić information content (AvgIpc) is 2.33. The molecule has 0 aromatic carbocycles. The lowest BCUT2D eigenvalue weighted by Gasteiger charge is -2.57. The molecule has 4 rings (SSSR count). The molecule has 0 radical (unpaired) electrons. The van der Waals surface area contributed by atoms with Gasteiger partial charge in [0, 0.05) is 6.04 Å². The minimum atomic E-state index is 0.569. The summed E-state index contributed by atoms with van der Waals surface area (Å²) in [5.74, 6) is 11.7. The molecule has 0 amide bonds. The van der Waals surface area contributed by atoms with Crippen molar-refractivity contribution in [3.63, 3.8) is 0 Å². The van der Waals surface area contributed by atoms with Crippen LogP contribution in [0.4, 0.5) is 0 Å². The molecule has 4 saturated carbocycles. The molecule has 0 aromatic rings. The van der Waals surface area contributed by atoms with Gasteiger partial charge in [-0.15, -0.1) is 0 Å². The molecular weight excluding hydrogens is 220 g/mol. The molecular formula is C16H30N2. The van der Waals surface area contributed by atoms with E-state index in [-0.39, 0.29) is 0 Å². The third kappa shape index (κ3) is 2.12. The SMILES string of the molecule is CCCC(C)C(NN)C1C2CC3CC(C2)CC1C3. The summed E-state index contributed by atoms with van der Waals surface area (Å²) < 4.78 is 0. The predicted molar refractivity (Wildman–Crippen MR) is 75.7 cm³/mol. The quantitative estimate of drug-likeness (QED) is 0.580. The van der Waals surface area contributed by atoms with E-state index in [0.29, 0.717) is 6.04 Å². The molecule has 0 aliphatic heterocycles. The summed E-state index contributed by atoms with van der Waals surface area (Å²) in [7, 11) is 0. The van der Waals surface area contributed by atoms with Crippen molar-refractivity contribution in [2.75, 3.05) is 0 Å². The Morgan fingerprint density at radius 2 is 1.61 bits per heavy atom. The number of hydrogen-bond donors (Lipinski definition) is 2. The highest BCUT2D eigenvalue weighted by Crippen LogP contribution is 2.57. The summed E-state index contributed by atoms with van der Waals surface area (Å²) in [5.41, 5.74) is 3.21. The molecule has 2 unspecified atom stereocenters. The van der Waals surface area contributed by atoms with Crippen LogP contribution in [-0.2, 0) is 0 Å². The number of hydrogen-bond acceptors (Lipinski definition) is 2. The van der Waals surface area contributed by atoms with E-state index < -0.39 is 0 Å². The topological polar surface area (TPSA) is 38.0 Å². The van der Waals surface area contributed by atoms with E-state index in [1.54, 1.807) is 6.42 Å². The molecule has 2 heteroatoms. The fourth-order valence-corrected chi connectivity index (χ4v) is 5.84. The fraction of sp³-hybridized carbons (Fsp3) is 1.00. The van der Waals surface area contributed by atoms with Gasteiger partial charge in [-0.25, -0.2) is 0 Å². The molecule has 4 aliphatic carbocycles. The van der Waals surface area contributed by atoms with Gasteiger partial charge in [0.1, 0.15) is 0 Å². The maximum Gasteiger partial charge on any atom is 0.0269 e. The van der Waals surface area contributed by atoms with Crippen molar-refractivity contribution in [1.29, 1.82) is 0 Å². The van der Waals surface area contributed by atoms with Crippen molar-refractivity contribution in [1.82, 2.24) is 5.43 Å². The van der Waals surface area contributed by atoms with Gasteiger partial charge >= 0.3 is 0 Å². The maximum atomic E-state index is 5.93. The summed E-state index contributed by atoms with van der Waals surface area (Å²) in [6.45, 7) is 4.69. The maximum absolute atomic E-state index is 5.93. The lowest BCUT2D eigenvalue weighted by atomic mass is 9.50. The van der Waals surface area contributed by atoms with Crippen molar-refractivity contribution in [2.45, 2.75) is 64.8 Å². The standard InChI is InChI=1S/C16H30N2/c1-3-4-10(2)16(18-17)15-13-6-11-5-12(8-13)9-14(15)7-11/h10-16,18H,3-9,17H2,1-2H3. The summed E-state index contributed by atoms with van der Waals surface area (Å²) in [5, 5.41) is 0. The van der Waals surface area contributed by atoms with Crippen LogP contribution in [-0.4, -0.2) is 6.04 Å². The summed E-state index contributed by atoms with van der Waals surface area (Å²) in [6.07, 6.45) is 10.2. The van der Waals surface area contributed by atoms with Gasteiger partial charge in [0.15, 0.2) is 0 Å². The molecule has 2 atom stereocenters. The number of nitrogens with two attached hydrogens (primary N) is 1. The monoisotopic (exact) mass is 250 g/mol. The van der Waals surface area contributed by atoms with Crippen molar-refractivity contribution >= 4 is 0 Å². The highest BCUT2D eigenvalue weighted by molar-refractivity contribution is 5.02. The summed E-state index contributed by atoms with van der Waals surface area (Å²) in [4.78, 5) is 0. The Morgan fingerprint density at radius 3 is 2.06 bits per heavy atom. The van der Waals surface area contributed by atoms with Crippen LogP contribution in [0.15, 0.2) is 0 Å². The van der Waals surface area contributed by atoms with Crippen LogP contribution in [0.5, 0.6) is 0 Å². The number of nitrogens with one attached hydrogen (secondary N) is 1. The van der Waals surface area contributed by atoms with E-state index in [9.17, 15) is 0 Å². The Hall–Kier alpha value is -0.0800. The first-order chi connectivity index (χ1) is 8.72. The second kappa shape index (κ2) is 5.13. The fourth-order valence-electron chi connectivity index (χ4n) is 5.84. The Labute approximate surface area is 112 Å². The van der Waals surface area contributed by atoms with E-state index in [1.165, 1.54) is 38.5 Å². The highest BCUT2D eigenvalue weighted by atomic mass is 15.2. The zero-order chi connectivity index (χ0) is 12.7. The van der Waals surface area contributed by atoms with Crippen molar-refractivity contribution in [3.05, 3.63) is 0 Å². The average molecular weight is 250 g/mol. The molecule has 0 spiro atoms. The van der Waals surface area contributed by atoms with Crippen LogP contribution in [0.1, 0.15) is 58.8 Å². The van der Waals surface area contributed by atoms with E-state index in [0.717, 1.165) is 35.5 Å². The minimum Gasteiger partial charge on any atom is -0.271 e. The Balaban J connectivity index is 1.74. The van der Waals surface area contributed by atoms with Crippen LogP contribution in [0, 0.1) is 35.5 Å². The zero-order valence-corrected chi connectivity index (χ0v) is 12.1. The summed E-state index contributed by atoms with van der Waals surface area (Å²) in [6, 6.07) is 0.569. The van der Waals surface area contributed by atoms with Crippen LogP contribution in [0.3, 0.4) is 0 Å². The van der Waals surface area contributed by atoms with E-state index in [2.05, 4.69) is 19.3 Å². The molecule has 0 aromatic heterocycles. The highest BCUT2D eigenvalue weighted by Gasteiger charge is 2.50. The van der Waals surface area contributed by atoms with Gasteiger partial charge in [-0.2, -0.15) is 0 Å². The Morgan fingerprint density at radius 1 is 1.06 bits per heavy atom. The van der Waals surface area contributed by atoms with Gasteiger partial charge in [0.05, 0.1) is 0 Å². The molecule has 0 saturated heterocycles. The van der Waals surface area contributed by atoms with Gasteiger partial charge < -0.3 is 0 Å². The van der Waals surface area contributed by atoms with Gasteiger partial charge in [-0.3, -0.25) is 11.3 Å². The smallest absolute Gasteiger partial charge is 0.0269 e. The lowest BCUT2D eigenvalue weighted by Crippen LogP contribution is -2.56. The van der Waals surface area contributed by atoms with Crippen molar-refractivity contribution in [2.24, 2.45) is 41.4 Å². The number of hydrazine groups is 1. The lowest BCUT2D eigenvalue weighted by molar-refractivity contribution is -0.0601. The van der Waals surface area contributed by atoms with E-state index in [1.807, 2.05) is 0 Å². The van der Waals surface area contributed by atoms with Gasteiger partial charge in [0.25, 0.3) is 0 Å². The van der Waals surface area contributed by atoms with Gasteiger partial charge in [0.2, 0.25) is 0 Å². The van der Waals surface area contributed by atoms with Crippen LogP contribution >= 0.6 is 0 Å². The first-order valence-corrected chi connectivity index (χ1v) is 8.19. The van der Waals surface area contributed by atoms with E-state index in [4.69, 9.17) is 5.84 Å². The largest absolute Gasteiger partial charge is 0.271 e.